The summed E-state index contributed by atoms with van der Waals surface area (Å²) >= 11 is 0. The van der Waals surface area contributed by atoms with Gasteiger partial charge in [-0.3, -0.25) is 14.4 Å². The summed E-state index contributed by atoms with van der Waals surface area (Å²) in [4.78, 5) is 36.8. The van der Waals surface area contributed by atoms with E-state index >= 15 is 0 Å². The molecule has 0 unspecified atom stereocenters. The van der Waals surface area contributed by atoms with Crippen molar-refractivity contribution in [2.45, 2.75) is 25.3 Å². The van der Waals surface area contributed by atoms with Gasteiger partial charge in [0.2, 0.25) is 11.8 Å². The molecule has 0 aromatic heterocycles. The van der Waals surface area contributed by atoms with Gasteiger partial charge in [0, 0.05) is 25.1 Å². The zero-order valence-electron chi connectivity index (χ0n) is 12.6. The zero-order valence-corrected chi connectivity index (χ0v) is 12.6. The van der Waals surface area contributed by atoms with Gasteiger partial charge in [-0.25, -0.2) is 0 Å². The quantitative estimate of drug-likeness (QED) is 0.804. The molecule has 23 heavy (non-hydrogen) atoms. The van der Waals surface area contributed by atoms with Crippen LogP contribution in [-0.2, 0) is 9.59 Å². The maximum Gasteiger partial charge on any atom is 0.251 e. The lowest BCUT2D eigenvalue weighted by Gasteiger charge is -2.22. The molecular formula is C16H18N4O3. The lowest BCUT2D eigenvalue weighted by Crippen LogP contribution is -2.44. The number of hydrogen-bond donors (Lipinski definition) is 2. The molecule has 0 bridgehead atoms. The van der Waals surface area contributed by atoms with Gasteiger partial charge >= 0.3 is 0 Å². The minimum atomic E-state index is -0.531. The highest BCUT2D eigenvalue weighted by Crippen LogP contribution is 2.17. The van der Waals surface area contributed by atoms with E-state index in [4.69, 9.17) is 11.0 Å². The van der Waals surface area contributed by atoms with Crippen molar-refractivity contribution >= 4 is 17.7 Å². The third kappa shape index (κ3) is 4.07. The number of amides is 3. The van der Waals surface area contributed by atoms with Crippen LogP contribution in [0.2, 0.25) is 0 Å². The van der Waals surface area contributed by atoms with Crippen molar-refractivity contribution in [3.05, 3.63) is 35.4 Å². The Balaban J connectivity index is 1.82. The number of nitrogens with one attached hydrogen (secondary N) is 1. The van der Waals surface area contributed by atoms with Crippen LogP contribution in [0.25, 0.3) is 0 Å². The zero-order chi connectivity index (χ0) is 16.8. The maximum atomic E-state index is 12.1. The smallest absolute Gasteiger partial charge is 0.251 e. The second-order valence-corrected chi connectivity index (χ2v) is 5.34. The molecule has 120 valence electrons. The second-order valence-electron chi connectivity index (χ2n) is 5.34. The lowest BCUT2D eigenvalue weighted by molar-refractivity contribution is -0.137. The Morgan fingerprint density at radius 1 is 1.30 bits per heavy atom. The SMILES string of the molecule is N#Cc1ccc(C(=O)NCCC(=O)N2CCC[C@H]2C(N)=O)cc1. The van der Waals surface area contributed by atoms with Gasteiger partial charge in [-0.1, -0.05) is 0 Å². The number of nitrogens with two attached hydrogens (primary N) is 1. The largest absolute Gasteiger partial charge is 0.368 e. The number of rotatable bonds is 5. The summed E-state index contributed by atoms with van der Waals surface area (Å²) in [6, 6.07) is 7.67. The fourth-order valence-electron chi connectivity index (χ4n) is 2.59. The minimum Gasteiger partial charge on any atom is -0.368 e. The molecule has 1 aromatic rings. The van der Waals surface area contributed by atoms with E-state index in [-0.39, 0.29) is 24.8 Å². The number of nitrogens with zero attached hydrogens (tertiary/aromatic N) is 2. The van der Waals surface area contributed by atoms with Gasteiger partial charge in [0.15, 0.2) is 0 Å². The summed E-state index contributed by atoms with van der Waals surface area (Å²) in [6.45, 7) is 0.704. The number of carbonyl (C=O) groups excluding carboxylic acids is 3. The fraction of sp³-hybridized carbons (Fsp3) is 0.375. The number of primary amides is 1. The first kappa shape index (κ1) is 16.5. The van der Waals surface area contributed by atoms with Crippen LogP contribution in [0.15, 0.2) is 24.3 Å². The molecule has 1 saturated heterocycles. The molecule has 1 fully saturated rings. The molecule has 1 heterocycles. The Labute approximate surface area is 134 Å². The van der Waals surface area contributed by atoms with E-state index in [9.17, 15) is 14.4 Å². The van der Waals surface area contributed by atoms with Crippen molar-refractivity contribution in [3.63, 3.8) is 0 Å². The maximum absolute atomic E-state index is 12.1. The van der Waals surface area contributed by atoms with Crippen molar-refractivity contribution in [2.75, 3.05) is 13.1 Å². The van der Waals surface area contributed by atoms with Crippen LogP contribution in [0.3, 0.4) is 0 Å². The molecule has 7 nitrogen and oxygen atoms in total. The third-order valence-corrected chi connectivity index (χ3v) is 3.80. The van der Waals surface area contributed by atoms with E-state index in [1.54, 1.807) is 24.3 Å². The minimum absolute atomic E-state index is 0.117. The summed E-state index contributed by atoms with van der Waals surface area (Å²) in [5, 5.41) is 11.4. The van der Waals surface area contributed by atoms with Gasteiger partial charge in [0.05, 0.1) is 11.6 Å². The van der Waals surface area contributed by atoms with E-state index in [1.165, 1.54) is 4.90 Å². The Kier molecular flexibility index (Phi) is 5.31. The van der Waals surface area contributed by atoms with Crippen molar-refractivity contribution < 1.29 is 14.4 Å². The van der Waals surface area contributed by atoms with Crippen molar-refractivity contribution in [2.24, 2.45) is 5.73 Å². The number of nitriles is 1. The van der Waals surface area contributed by atoms with Crippen molar-refractivity contribution in [1.82, 2.24) is 10.2 Å². The van der Waals surface area contributed by atoms with Crippen LogP contribution in [0.1, 0.15) is 35.2 Å². The summed E-state index contributed by atoms with van der Waals surface area (Å²) in [6.07, 6.45) is 1.47. The van der Waals surface area contributed by atoms with Crippen LogP contribution in [0.4, 0.5) is 0 Å². The molecule has 1 atom stereocenters. The molecule has 0 saturated carbocycles. The van der Waals surface area contributed by atoms with Gasteiger partial charge in [-0.15, -0.1) is 0 Å². The summed E-state index contributed by atoms with van der Waals surface area (Å²) in [5.74, 6) is -0.987. The lowest BCUT2D eigenvalue weighted by atomic mass is 10.1. The summed E-state index contributed by atoms with van der Waals surface area (Å²) in [7, 11) is 0. The topological polar surface area (TPSA) is 116 Å². The van der Waals surface area contributed by atoms with Gasteiger partial charge in [0.25, 0.3) is 5.91 Å². The van der Waals surface area contributed by atoms with E-state index in [0.717, 1.165) is 6.42 Å². The average molecular weight is 314 g/mol. The van der Waals surface area contributed by atoms with E-state index in [0.29, 0.717) is 24.1 Å². The predicted octanol–water partition coefficient (Wildman–Crippen LogP) is 0.154. The Hall–Kier alpha value is -2.88. The fourth-order valence-corrected chi connectivity index (χ4v) is 2.59. The van der Waals surface area contributed by atoms with Crippen LogP contribution < -0.4 is 11.1 Å². The van der Waals surface area contributed by atoms with Gasteiger partial charge in [-0.2, -0.15) is 5.26 Å². The normalized spacial score (nSPS) is 16.7. The van der Waals surface area contributed by atoms with Gasteiger partial charge < -0.3 is 16.0 Å². The molecule has 0 spiro atoms. The molecular weight excluding hydrogens is 296 g/mol. The molecule has 2 rings (SSSR count). The van der Waals surface area contributed by atoms with E-state index in [2.05, 4.69) is 5.32 Å². The van der Waals surface area contributed by atoms with Crippen molar-refractivity contribution in [3.8, 4) is 6.07 Å². The average Bonchev–Trinajstić information content (AvgIpc) is 3.04. The number of carbonyl (C=O) groups is 3. The van der Waals surface area contributed by atoms with Crippen LogP contribution in [-0.4, -0.2) is 41.8 Å². The number of benzene rings is 1. The Bertz CT molecular complexity index is 648. The third-order valence-electron chi connectivity index (χ3n) is 3.80. The van der Waals surface area contributed by atoms with E-state index in [1.807, 2.05) is 6.07 Å². The monoisotopic (exact) mass is 314 g/mol. The van der Waals surface area contributed by atoms with Gasteiger partial charge in [0.1, 0.15) is 6.04 Å². The molecule has 1 aliphatic heterocycles. The molecule has 0 radical (unpaired) electrons. The summed E-state index contributed by atoms with van der Waals surface area (Å²) < 4.78 is 0. The molecule has 3 N–H and O–H groups in total. The number of likely N-dealkylation sites (tertiary alicyclic amines) is 1. The first-order valence-corrected chi connectivity index (χ1v) is 7.40. The molecule has 7 heteroatoms. The Morgan fingerprint density at radius 3 is 2.61 bits per heavy atom. The highest BCUT2D eigenvalue weighted by Gasteiger charge is 2.32. The molecule has 0 aliphatic carbocycles. The standard InChI is InChI=1S/C16H18N4O3/c17-10-11-3-5-12(6-4-11)16(23)19-8-7-14(21)20-9-1-2-13(20)15(18)22/h3-6,13H,1-2,7-9H2,(H2,18,22)(H,19,23)/t13-/m0/s1. The van der Waals surface area contributed by atoms with Gasteiger partial charge in [-0.05, 0) is 37.1 Å². The Morgan fingerprint density at radius 2 is 2.00 bits per heavy atom. The van der Waals surface area contributed by atoms with Crippen LogP contribution in [0.5, 0.6) is 0 Å². The van der Waals surface area contributed by atoms with E-state index < -0.39 is 11.9 Å². The summed E-state index contributed by atoms with van der Waals surface area (Å²) in [5.41, 5.74) is 6.18. The molecule has 1 aliphatic rings. The van der Waals surface area contributed by atoms with Crippen LogP contribution in [0, 0.1) is 11.3 Å². The highest BCUT2D eigenvalue weighted by atomic mass is 16.2. The van der Waals surface area contributed by atoms with Crippen LogP contribution >= 0.6 is 0 Å². The first-order chi connectivity index (χ1) is 11.0. The molecule has 3 amide bonds. The first-order valence-electron chi connectivity index (χ1n) is 7.40. The van der Waals surface area contributed by atoms with Crippen molar-refractivity contribution in [1.29, 1.82) is 5.26 Å². The highest BCUT2D eigenvalue weighted by molar-refractivity contribution is 5.94. The number of hydrogen-bond acceptors (Lipinski definition) is 4. The second kappa shape index (κ2) is 7.40. The predicted molar refractivity (Wildman–Crippen MR) is 82.0 cm³/mol. The molecule has 1 aromatic carbocycles.